The fourth-order valence-corrected chi connectivity index (χ4v) is 6.24. The van der Waals surface area contributed by atoms with Gasteiger partial charge < -0.3 is 15.8 Å². The number of carbonyl (C=O) groups excluding carboxylic acids is 1. The lowest BCUT2D eigenvalue weighted by Gasteiger charge is -2.18. The monoisotopic (exact) mass is 551 g/mol. The van der Waals surface area contributed by atoms with Gasteiger partial charge in [0.1, 0.15) is 10.8 Å². The van der Waals surface area contributed by atoms with Crippen molar-refractivity contribution in [2.75, 3.05) is 20.3 Å². The standard InChI is InChI=1S/C27H29N5O4S2/c1-36-14-6-13-30-26(33)20-9-5-10-21(17-20)38(34,35)32-23(16-18-7-4-8-19(15-18)25(28)29)27-31-22-11-2-3-12-24(22)37-27/h2-5,7-12,15,17,23,32H,6,13-14,16H2,1H3,(H3,28,29)(H,30,33). The molecule has 1 unspecified atom stereocenters. The molecule has 0 saturated carbocycles. The van der Waals surface area contributed by atoms with E-state index in [1.807, 2.05) is 30.3 Å². The summed E-state index contributed by atoms with van der Waals surface area (Å²) in [5.41, 5.74) is 8.04. The van der Waals surface area contributed by atoms with Gasteiger partial charge >= 0.3 is 0 Å². The van der Waals surface area contributed by atoms with Gasteiger partial charge in [0.2, 0.25) is 10.0 Å². The van der Waals surface area contributed by atoms with Gasteiger partial charge in [-0.3, -0.25) is 10.2 Å². The lowest BCUT2D eigenvalue weighted by atomic mass is 10.0. The lowest BCUT2D eigenvalue weighted by Crippen LogP contribution is -2.30. The average Bonchev–Trinajstić information content (AvgIpc) is 3.35. The molecule has 4 rings (SSSR count). The molecule has 198 valence electrons. The van der Waals surface area contributed by atoms with Crippen molar-refractivity contribution < 1.29 is 17.9 Å². The number of nitrogens with zero attached hydrogens (tertiary/aromatic N) is 1. The Labute approximate surface area is 225 Å². The smallest absolute Gasteiger partial charge is 0.251 e. The van der Waals surface area contributed by atoms with E-state index in [2.05, 4.69) is 15.0 Å². The van der Waals surface area contributed by atoms with Crippen LogP contribution < -0.4 is 15.8 Å². The predicted octanol–water partition coefficient (Wildman–Crippen LogP) is 3.61. The summed E-state index contributed by atoms with van der Waals surface area (Å²) in [6.07, 6.45) is 0.941. The van der Waals surface area contributed by atoms with Crippen LogP contribution >= 0.6 is 11.3 Å². The van der Waals surface area contributed by atoms with Crippen LogP contribution in [0.2, 0.25) is 0 Å². The third-order valence-corrected chi connectivity index (χ3v) is 8.42. The number of ether oxygens (including phenoxy) is 1. The molecule has 9 nitrogen and oxygen atoms in total. The Morgan fingerprint density at radius 2 is 1.84 bits per heavy atom. The van der Waals surface area contributed by atoms with Gasteiger partial charge in [-0.25, -0.2) is 18.1 Å². The molecule has 4 aromatic rings. The highest BCUT2D eigenvalue weighted by Gasteiger charge is 2.25. The summed E-state index contributed by atoms with van der Waals surface area (Å²) in [6.45, 7) is 0.933. The molecule has 3 aromatic carbocycles. The second kappa shape index (κ2) is 12.3. The number of rotatable bonds is 12. The molecule has 1 heterocycles. The molecule has 0 saturated heterocycles. The number of aromatic nitrogens is 1. The second-order valence-electron chi connectivity index (χ2n) is 8.64. The summed E-state index contributed by atoms with van der Waals surface area (Å²) in [5.74, 6) is -0.428. The number of fused-ring (bicyclic) bond motifs is 1. The second-order valence-corrected chi connectivity index (χ2v) is 11.4. The number of hydrogen-bond donors (Lipinski definition) is 4. The average molecular weight is 552 g/mol. The predicted molar refractivity (Wildman–Crippen MR) is 149 cm³/mol. The molecule has 0 fully saturated rings. The summed E-state index contributed by atoms with van der Waals surface area (Å²) < 4.78 is 35.8. The fourth-order valence-electron chi connectivity index (χ4n) is 3.90. The van der Waals surface area contributed by atoms with Crippen LogP contribution in [0.5, 0.6) is 0 Å². The van der Waals surface area contributed by atoms with Gasteiger partial charge in [-0.2, -0.15) is 0 Å². The minimum atomic E-state index is -4.03. The number of benzene rings is 3. The molecule has 0 bridgehead atoms. The zero-order chi connectivity index (χ0) is 27.1. The minimum Gasteiger partial charge on any atom is -0.385 e. The Hall–Kier alpha value is -3.64. The molecule has 1 amide bonds. The van der Waals surface area contributed by atoms with E-state index >= 15 is 0 Å². The van der Waals surface area contributed by atoms with Gasteiger partial charge in [-0.15, -0.1) is 11.3 Å². The van der Waals surface area contributed by atoms with E-state index in [1.54, 1.807) is 37.4 Å². The largest absolute Gasteiger partial charge is 0.385 e. The van der Waals surface area contributed by atoms with Crippen molar-refractivity contribution >= 4 is 43.3 Å². The summed E-state index contributed by atoms with van der Waals surface area (Å²) in [7, 11) is -2.44. The number of thiazole rings is 1. The number of hydrogen-bond acceptors (Lipinski definition) is 7. The normalized spacial score (nSPS) is 12.3. The Morgan fingerprint density at radius 3 is 2.61 bits per heavy atom. The van der Waals surface area contributed by atoms with Crippen molar-refractivity contribution in [2.24, 2.45) is 5.73 Å². The number of nitrogens with two attached hydrogens (primary N) is 1. The van der Waals surface area contributed by atoms with E-state index < -0.39 is 16.1 Å². The molecule has 5 N–H and O–H groups in total. The quantitative estimate of drug-likeness (QED) is 0.120. The highest BCUT2D eigenvalue weighted by Crippen LogP contribution is 2.30. The van der Waals surface area contributed by atoms with Crippen LogP contribution in [0.3, 0.4) is 0 Å². The van der Waals surface area contributed by atoms with Gasteiger partial charge in [-0.1, -0.05) is 36.4 Å². The van der Waals surface area contributed by atoms with Crippen LogP contribution in [0.15, 0.2) is 77.7 Å². The molecule has 0 spiro atoms. The van der Waals surface area contributed by atoms with Gasteiger partial charge in [0, 0.05) is 31.4 Å². The summed E-state index contributed by atoms with van der Waals surface area (Å²) >= 11 is 1.41. The van der Waals surface area contributed by atoms with Crippen molar-refractivity contribution in [1.82, 2.24) is 15.0 Å². The van der Waals surface area contributed by atoms with E-state index in [0.717, 1.165) is 15.8 Å². The third kappa shape index (κ3) is 6.81. The molecule has 11 heteroatoms. The van der Waals surface area contributed by atoms with Crippen LogP contribution in [-0.2, 0) is 21.2 Å². The zero-order valence-electron chi connectivity index (χ0n) is 20.8. The van der Waals surface area contributed by atoms with Crippen molar-refractivity contribution in [2.45, 2.75) is 23.8 Å². The van der Waals surface area contributed by atoms with Gasteiger partial charge in [-0.05, 0) is 54.8 Å². The number of amidine groups is 1. The Balaban J connectivity index is 1.62. The number of methoxy groups -OCH3 is 1. The topological polar surface area (TPSA) is 147 Å². The van der Waals surface area contributed by atoms with Gasteiger partial charge in [0.05, 0.1) is 21.2 Å². The maximum atomic E-state index is 13.5. The number of nitrogens with one attached hydrogen (secondary N) is 3. The van der Waals surface area contributed by atoms with Gasteiger partial charge in [0.25, 0.3) is 5.91 Å². The highest BCUT2D eigenvalue weighted by atomic mass is 32.2. The Morgan fingerprint density at radius 1 is 1.08 bits per heavy atom. The van der Waals surface area contributed by atoms with E-state index in [-0.39, 0.29) is 22.2 Å². The minimum absolute atomic E-state index is 0.0226. The molecular weight excluding hydrogens is 522 g/mol. The number of sulfonamides is 1. The molecule has 0 aliphatic carbocycles. The summed E-state index contributed by atoms with van der Waals surface area (Å²) in [4.78, 5) is 17.2. The number of nitrogen functional groups attached to an aromatic ring is 1. The number of carbonyl (C=O) groups is 1. The van der Waals surface area contributed by atoms with Crippen molar-refractivity contribution in [1.29, 1.82) is 5.41 Å². The SMILES string of the molecule is COCCCNC(=O)c1cccc(S(=O)(=O)NC(Cc2cccc(C(=N)N)c2)c2nc3ccccc3s2)c1. The molecule has 1 atom stereocenters. The Bertz CT molecular complexity index is 1520. The van der Waals surface area contributed by atoms with Crippen LogP contribution in [-0.4, -0.2) is 45.4 Å². The third-order valence-electron chi connectivity index (χ3n) is 5.80. The first-order valence-electron chi connectivity index (χ1n) is 11.9. The van der Waals surface area contributed by atoms with Crippen molar-refractivity contribution in [3.8, 4) is 0 Å². The number of amides is 1. The van der Waals surface area contributed by atoms with Crippen molar-refractivity contribution in [3.63, 3.8) is 0 Å². The fraction of sp³-hybridized carbons (Fsp3) is 0.222. The molecule has 0 aliphatic rings. The zero-order valence-corrected chi connectivity index (χ0v) is 22.4. The van der Waals surface area contributed by atoms with Crippen LogP contribution in [0, 0.1) is 5.41 Å². The van der Waals surface area contributed by atoms with Crippen LogP contribution in [0.4, 0.5) is 0 Å². The first-order valence-corrected chi connectivity index (χ1v) is 14.2. The van der Waals surface area contributed by atoms with Gasteiger partial charge in [0.15, 0.2) is 0 Å². The van der Waals surface area contributed by atoms with E-state index in [4.69, 9.17) is 15.9 Å². The van der Waals surface area contributed by atoms with Crippen molar-refractivity contribution in [3.05, 3.63) is 94.5 Å². The molecular formula is C27H29N5O4S2. The number of para-hydroxylation sites is 1. The van der Waals surface area contributed by atoms with E-state index in [1.165, 1.54) is 23.5 Å². The molecule has 38 heavy (non-hydrogen) atoms. The van der Waals surface area contributed by atoms with Crippen LogP contribution in [0.25, 0.3) is 10.2 Å². The summed E-state index contributed by atoms with van der Waals surface area (Å²) in [6, 6.07) is 20.0. The first kappa shape index (κ1) is 27.4. The summed E-state index contributed by atoms with van der Waals surface area (Å²) in [5, 5.41) is 11.1. The highest BCUT2D eigenvalue weighted by molar-refractivity contribution is 7.89. The maximum Gasteiger partial charge on any atom is 0.251 e. The van der Waals surface area contributed by atoms with E-state index in [9.17, 15) is 13.2 Å². The molecule has 1 aromatic heterocycles. The molecule has 0 radical (unpaired) electrons. The Kier molecular flexibility index (Phi) is 8.85. The maximum absolute atomic E-state index is 13.5. The lowest BCUT2D eigenvalue weighted by molar-refractivity contribution is 0.0948. The molecule has 0 aliphatic heterocycles. The van der Waals surface area contributed by atoms with E-state index in [0.29, 0.717) is 36.6 Å². The first-order chi connectivity index (χ1) is 18.3. The van der Waals surface area contributed by atoms with Crippen LogP contribution in [0.1, 0.15) is 39.0 Å².